The first-order chi connectivity index (χ1) is 11.0. The molecule has 2 N–H and O–H groups in total. The standard InChI is InChI=1S/C18H22N2O2S/c1-14-13-17(11-12-19-14)20-23(21,22)18-9-7-16(8-10-18)15-5-3-2-4-6-15/h2-10,14,17,19-20H,11-13H2,1H3. The van der Waals surface area contributed by atoms with Crippen molar-refractivity contribution in [1.29, 1.82) is 0 Å². The first-order valence-corrected chi connectivity index (χ1v) is 9.44. The highest BCUT2D eigenvalue weighted by atomic mass is 32.2. The van der Waals surface area contributed by atoms with E-state index >= 15 is 0 Å². The third kappa shape index (κ3) is 3.99. The molecule has 0 amide bonds. The van der Waals surface area contributed by atoms with Gasteiger partial charge in [0.15, 0.2) is 0 Å². The molecule has 2 aromatic rings. The monoisotopic (exact) mass is 330 g/mol. The van der Waals surface area contributed by atoms with Crippen LogP contribution in [0.2, 0.25) is 0 Å². The van der Waals surface area contributed by atoms with Crippen LogP contribution >= 0.6 is 0 Å². The van der Waals surface area contributed by atoms with Crippen LogP contribution in [0.3, 0.4) is 0 Å². The van der Waals surface area contributed by atoms with Gasteiger partial charge in [0.25, 0.3) is 0 Å². The van der Waals surface area contributed by atoms with E-state index < -0.39 is 10.0 Å². The van der Waals surface area contributed by atoms with Crippen LogP contribution in [0, 0.1) is 0 Å². The van der Waals surface area contributed by atoms with E-state index in [4.69, 9.17) is 0 Å². The molecule has 1 saturated heterocycles. The lowest BCUT2D eigenvalue weighted by Crippen LogP contribution is -2.46. The van der Waals surface area contributed by atoms with Crippen LogP contribution in [-0.4, -0.2) is 27.0 Å². The molecule has 0 radical (unpaired) electrons. The van der Waals surface area contributed by atoms with Gasteiger partial charge in [-0.15, -0.1) is 0 Å². The van der Waals surface area contributed by atoms with Gasteiger partial charge in [-0.25, -0.2) is 13.1 Å². The minimum atomic E-state index is -3.46. The molecule has 0 aromatic heterocycles. The Labute approximate surface area is 138 Å². The number of nitrogens with one attached hydrogen (secondary N) is 2. The molecule has 0 bridgehead atoms. The summed E-state index contributed by atoms with van der Waals surface area (Å²) in [5, 5.41) is 3.33. The van der Waals surface area contributed by atoms with Crippen molar-refractivity contribution >= 4 is 10.0 Å². The molecule has 5 heteroatoms. The zero-order valence-corrected chi connectivity index (χ0v) is 14.0. The highest BCUT2D eigenvalue weighted by Gasteiger charge is 2.24. The zero-order valence-electron chi connectivity index (χ0n) is 13.2. The van der Waals surface area contributed by atoms with Crippen LogP contribution in [-0.2, 0) is 10.0 Å². The lowest BCUT2D eigenvalue weighted by Gasteiger charge is -2.28. The second-order valence-corrected chi connectivity index (χ2v) is 7.80. The zero-order chi connectivity index (χ0) is 16.3. The Balaban J connectivity index is 1.75. The van der Waals surface area contributed by atoms with E-state index in [2.05, 4.69) is 17.0 Å². The minimum Gasteiger partial charge on any atom is -0.314 e. The van der Waals surface area contributed by atoms with Crippen molar-refractivity contribution in [2.75, 3.05) is 6.54 Å². The third-order valence-electron chi connectivity index (χ3n) is 4.22. The van der Waals surface area contributed by atoms with Crippen LogP contribution in [0.25, 0.3) is 11.1 Å². The molecule has 0 saturated carbocycles. The van der Waals surface area contributed by atoms with Gasteiger partial charge in [0, 0.05) is 12.1 Å². The van der Waals surface area contributed by atoms with Crippen molar-refractivity contribution in [2.24, 2.45) is 0 Å². The number of rotatable bonds is 4. The second kappa shape index (κ2) is 6.83. The van der Waals surface area contributed by atoms with Crippen molar-refractivity contribution in [2.45, 2.75) is 36.7 Å². The van der Waals surface area contributed by atoms with Gasteiger partial charge in [-0.2, -0.15) is 0 Å². The van der Waals surface area contributed by atoms with E-state index in [0.29, 0.717) is 10.9 Å². The fourth-order valence-electron chi connectivity index (χ4n) is 2.98. The molecule has 23 heavy (non-hydrogen) atoms. The van der Waals surface area contributed by atoms with Crippen LogP contribution in [0.4, 0.5) is 0 Å². The molecule has 1 aliphatic heterocycles. The number of hydrogen-bond acceptors (Lipinski definition) is 3. The summed E-state index contributed by atoms with van der Waals surface area (Å²) in [6.07, 6.45) is 1.65. The maximum atomic E-state index is 12.5. The summed E-state index contributed by atoms with van der Waals surface area (Å²) in [6.45, 7) is 2.93. The van der Waals surface area contributed by atoms with Crippen LogP contribution < -0.4 is 10.0 Å². The smallest absolute Gasteiger partial charge is 0.240 e. The number of piperidine rings is 1. The van der Waals surface area contributed by atoms with E-state index in [0.717, 1.165) is 30.5 Å². The summed E-state index contributed by atoms with van der Waals surface area (Å²) in [6, 6.07) is 17.3. The molecule has 0 aliphatic carbocycles. The summed E-state index contributed by atoms with van der Waals surface area (Å²) in [5.41, 5.74) is 2.09. The Morgan fingerprint density at radius 2 is 1.65 bits per heavy atom. The van der Waals surface area contributed by atoms with Gasteiger partial charge in [-0.1, -0.05) is 42.5 Å². The Bertz CT molecular complexity index is 742. The minimum absolute atomic E-state index is 0.00468. The number of benzene rings is 2. The molecule has 2 aromatic carbocycles. The Hall–Kier alpha value is -1.69. The summed E-state index contributed by atoms with van der Waals surface area (Å²) >= 11 is 0. The van der Waals surface area contributed by atoms with Crippen molar-refractivity contribution in [1.82, 2.24) is 10.0 Å². The van der Waals surface area contributed by atoms with Gasteiger partial charge in [0.05, 0.1) is 4.90 Å². The molecule has 3 rings (SSSR count). The predicted octanol–water partition coefficient (Wildman–Crippen LogP) is 2.77. The first-order valence-electron chi connectivity index (χ1n) is 7.96. The number of sulfonamides is 1. The SMILES string of the molecule is CC1CC(NS(=O)(=O)c2ccc(-c3ccccc3)cc2)CCN1. The van der Waals surface area contributed by atoms with E-state index in [1.165, 1.54) is 0 Å². The average Bonchev–Trinajstić information content (AvgIpc) is 2.55. The molecule has 1 aliphatic rings. The summed E-state index contributed by atoms with van der Waals surface area (Å²) in [7, 11) is -3.46. The maximum Gasteiger partial charge on any atom is 0.240 e. The van der Waals surface area contributed by atoms with Gasteiger partial charge >= 0.3 is 0 Å². The quantitative estimate of drug-likeness (QED) is 0.906. The van der Waals surface area contributed by atoms with E-state index in [1.54, 1.807) is 12.1 Å². The molecular formula is C18H22N2O2S. The molecule has 4 nitrogen and oxygen atoms in total. The molecule has 0 spiro atoms. The van der Waals surface area contributed by atoms with E-state index in [1.807, 2.05) is 42.5 Å². The van der Waals surface area contributed by atoms with Gasteiger partial charge in [-0.3, -0.25) is 0 Å². The fourth-order valence-corrected chi connectivity index (χ4v) is 4.27. The summed E-state index contributed by atoms with van der Waals surface area (Å²) in [5.74, 6) is 0. The maximum absolute atomic E-state index is 12.5. The predicted molar refractivity (Wildman–Crippen MR) is 92.7 cm³/mol. The van der Waals surface area contributed by atoms with Crippen molar-refractivity contribution in [3.63, 3.8) is 0 Å². The van der Waals surface area contributed by atoms with Gasteiger partial charge in [0.1, 0.15) is 0 Å². The summed E-state index contributed by atoms with van der Waals surface area (Å²) < 4.78 is 27.9. The molecule has 1 heterocycles. The van der Waals surface area contributed by atoms with Gasteiger partial charge < -0.3 is 5.32 Å². The van der Waals surface area contributed by atoms with E-state index in [9.17, 15) is 8.42 Å². The van der Waals surface area contributed by atoms with Crippen molar-refractivity contribution in [3.05, 3.63) is 54.6 Å². The lowest BCUT2D eigenvalue weighted by atomic mass is 10.0. The molecule has 2 atom stereocenters. The molecule has 1 fully saturated rings. The highest BCUT2D eigenvalue weighted by molar-refractivity contribution is 7.89. The fraction of sp³-hybridized carbons (Fsp3) is 0.333. The third-order valence-corrected chi connectivity index (χ3v) is 5.75. The number of hydrogen-bond donors (Lipinski definition) is 2. The van der Waals surface area contributed by atoms with Crippen molar-refractivity contribution in [3.8, 4) is 11.1 Å². The topological polar surface area (TPSA) is 58.2 Å². The van der Waals surface area contributed by atoms with Crippen LogP contribution in [0.5, 0.6) is 0 Å². The van der Waals surface area contributed by atoms with E-state index in [-0.39, 0.29) is 6.04 Å². The Morgan fingerprint density at radius 1 is 1.00 bits per heavy atom. The van der Waals surface area contributed by atoms with Gasteiger partial charge in [-0.05, 0) is 49.6 Å². The average molecular weight is 330 g/mol. The van der Waals surface area contributed by atoms with Crippen LogP contribution in [0.15, 0.2) is 59.5 Å². The molecule has 122 valence electrons. The summed E-state index contributed by atoms with van der Waals surface area (Å²) in [4.78, 5) is 0.323. The van der Waals surface area contributed by atoms with Crippen molar-refractivity contribution < 1.29 is 8.42 Å². The first kappa shape index (κ1) is 16.2. The Morgan fingerprint density at radius 3 is 2.30 bits per heavy atom. The second-order valence-electron chi connectivity index (χ2n) is 6.09. The van der Waals surface area contributed by atoms with Crippen LogP contribution in [0.1, 0.15) is 19.8 Å². The largest absolute Gasteiger partial charge is 0.314 e. The molecule has 2 unspecified atom stereocenters. The normalized spacial score (nSPS) is 22.0. The lowest BCUT2D eigenvalue weighted by molar-refractivity contribution is 0.361. The molecular weight excluding hydrogens is 308 g/mol. The highest BCUT2D eigenvalue weighted by Crippen LogP contribution is 2.21. The van der Waals surface area contributed by atoms with Gasteiger partial charge in [0.2, 0.25) is 10.0 Å². The Kier molecular flexibility index (Phi) is 4.80.